The lowest BCUT2D eigenvalue weighted by Crippen LogP contribution is -2.03. The third-order valence-corrected chi connectivity index (χ3v) is 4.51. The Hall–Kier alpha value is -4.27. The third kappa shape index (κ3) is 3.55. The van der Waals surface area contributed by atoms with E-state index in [1.165, 1.54) is 19.2 Å². The number of pyridine rings is 1. The number of fused-ring (bicyclic) bond motifs is 1. The Labute approximate surface area is 171 Å². The Kier molecular flexibility index (Phi) is 4.85. The van der Waals surface area contributed by atoms with E-state index in [9.17, 15) is 9.59 Å². The van der Waals surface area contributed by atoms with Crippen LogP contribution in [0, 0.1) is 6.92 Å². The van der Waals surface area contributed by atoms with Gasteiger partial charge in [-0.05, 0) is 49.4 Å². The Morgan fingerprint density at radius 2 is 1.83 bits per heavy atom. The maximum absolute atomic E-state index is 11.8. The van der Waals surface area contributed by atoms with E-state index in [0.29, 0.717) is 28.5 Å². The Bertz CT molecular complexity index is 1260. The van der Waals surface area contributed by atoms with Gasteiger partial charge in [0.1, 0.15) is 5.65 Å². The summed E-state index contributed by atoms with van der Waals surface area (Å²) in [7, 11) is 1.33. The number of carbonyl (C=O) groups is 2. The first-order chi connectivity index (χ1) is 14.5. The number of aromatic nitrogens is 4. The molecule has 0 unspecified atom stereocenters. The van der Waals surface area contributed by atoms with Crippen molar-refractivity contribution in [3.8, 4) is 11.4 Å². The van der Waals surface area contributed by atoms with Crippen molar-refractivity contribution in [1.82, 2.24) is 19.4 Å². The summed E-state index contributed by atoms with van der Waals surface area (Å²) in [5, 5.41) is 12.1. The zero-order chi connectivity index (χ0) is 21.3. The van der Waals surface area contributed by atoms with Crippen molar-refractivity contribution in [2.45, 2.75) is 6.92 Å². The second kappa shape index (κ2) is 7.63. The van der Waals surface area contributed by atoms with Crippen molar-refractivity contribution in [2.75, 3.05) is 12.4 Å². The molecular weight excluding hydrogens is 386 g/mol. The molecule has 0 bridgehead atoms. The van der Waals surface area contributed by atoms with Crippen LogP contribution in [0.5, 0.6) is 0 Å². The first-order valence-electron chi connectivity index (χ1n) is 8.97. The normalized spacial score (nSPS) is 10.7. The Balaban J connectivity index is 1.68. The van der Waals surface area contributed by atoms with Crippen molar-refractivity contribution in [1.29, 1.82) is 0 Å². The number of carboxylic acids is 1. The van der Waals surface area contributed by atoms with Crippen LogP contribution >= 0.6 is 0 Å². The number of carboxylic acid groups (broad SMARTS) is 1. The molecule has 1 aromatic carbocycles. The van der Waals surface area contributed by atoms with Crippen LogP contribution < -0.4 is 5.32 Å². The number of nitrogens with one attached hydrogen (secondary N) is 1. The molecule has 9 heteroatoms. The van der Waals surface area contributed by atoms with Gasteiger partial charge < -0.3 is 15.2 Å². The van der Waals surface area contributed by atoms with Gasteiger partial charge in [0.25, 0.3) is 0 Å². The van der Waals surface area contributed by atoms with Gasteiger partial charge in [0.05, 0.1) is 35.3 Å². The monoisotopic (exact) mass is 403 g/mol. The number of ether oxygens (including phenoxy) is 1. The summed E-state index contributed by atoms with van der Waals surface area (Å²) < 4.78 is 6.61. The number of aryl methyl sites for hydroxylation is 1. The fourth-order valence-corrected chi connectivity index (χ4v) is 3.09. The molecule has 4 rings (SSSR count). The van der Waals surface area contributed by atoms with E-state index in [2.05, 4.69) is 20.3 Å². The molecule has 0 aliphatic carbocycles. The lowest BCUT2D eigenvalue weighted by atomic mass is 10.2. The van der Waals surface area contributed by atoms with Crippen molar-refractivity contribution < 1.29 is 19.4 Å². The summed E-state index contributed by atoms with van der Waals surface area (Å²) in [6.07, 6.45) is 3.37. The zero-order valence-electron chi connectivity index (χ0n) is 16.2. The van der Waals surface area contributed by atoms with Crippen LogP contribution in [0.3, 0.4) is 0 Å². The number of esters is 1. The molecule has 0 saturated carbocycles. The highest BCUT2D eigenvalue weighted by molar-refractivity contribution is 5.90. The van der Waals surface area contributed by atoms with Gasteiger partial charge in [0.2, 0.25) is 5.95 Å². The maximum atomic E-state index is 11.8. The fourth-order valence-electron chi connectivity index (χ4n) is 3.09. The van der Waals surface area contributed by atoms with Crippen LogP contribution in [0.2, 0.25) is 0 Å². The average molecular weight is 403 g/mol. The van der Waals surface area contributed by atoms with Crippen molar-refractivity contribution in [2.24, 2.45) is 0 Å². The molecule has 3 heterocycles. The molecule has 9 nitrogen and oxygen atoms in total. The van der Waals surface area contributed by atoms with Crippen LogP contribution in [0.15, 0.2) is 54.9 Å². The molecule has 3 aromatic heterocycles. The number of carbonyl (C=O) groups excluding carboxylic acids is 1. The summed E-state index contributed by atoms with van der Waals surface area (Å²) in [5.41, 5.74) is 4.03. The minimum absolute atomic E-state index is 0.197. The maximum Gasteiger partial charge on any atom is 0.338 e. The molecule has 0 fully saturated rings. The smallest absolute Gasteiger partial charge is 0.338 e. The predicted molar refractivity (Wildman–Crippen MR) is 109 cm³/mol. The fraction of sp³-hybridized carbons (Fsp3) is 0.0952. The molecule has 0 spiro atoms. The van der Waals surface area contributed by atoms with Gasteiger partial charge in [0.15, 0.2) is 0 Å². The predicted octanol–water partition coefficient (Wildman–Crippen LogP) is 3.33. The van der Waals surface area contributed by atoms with Crippen LogP contribution in [0.25, 0.3) is 17.0 Å². The second-order valence-electron chi connectivity index (χ2n) is 6.45. The van der Waals surface area contributed by atoms with Gasteiger partial charge in [-0.2, -0.15) is 0 Å². The van der Waals surface area contributed by atoms with Gasteiger partial charge in [-0.25, -0.2) is 24.5 Å². The van der Waals surface area contributed by atoms with E-state index < -0.39 is 11.9 Å². The van der Waals surface area contributed by atoms with Gasteiger partial charge in [-0.15, -0.1) is 0 Å². The lowest BCUT2D eigenvalue weighted by Gasteiger charge is -2.08. The summed E-state index contributed by atoms with van der Waals surface area (Å²) in [5.74, 6) is -1.06. The molecule has 0 aliphatic heterocycles. The largest absolute Gasteiger partial charge is 0.478 e. The van der Waals surface area contributed by atoms with Crippen LogP contribution in [0.1, 0.15) is 26.4 Å². The molecule has 0 radical (unpaired) electrons. The number of anilines is 2. The van der Waals surface area contributed by atoms with Gasteiger partial charge >= 0.3 is 11.9 Å². The van der Waals surface area contributed by atoms with E-state index in [4.69, 9.17) is 9.84 Å². The molecule has 150 valence electrons. The lowest BCUT2D eigenvalue weighted by molar-refractivity contribution is 0.0599. The quantitative estimate of drug-likeness (QED) is 0.487. The Morgan fingerprint density at radius 3 is 2.53 bits per heavy atom. The first-order valence-corrected chi connectivity index (χ1v) is 8.97. The number of methoxy groups -OCH3 is 1. The van der Waals surface area contributed by atoms with Gasteiger partial charge in [-0.1, -0.05) is 0 Å². The van der Waals surface area contributed by atoms with Gasteiger partial charge in [0, 0.05) is 18.1 Å². The number of imidazole rings is 1. The van der Waals surface area contributed by atoms with Crippen molar-refractivity contribution in [3.05, 3.63) is 71.7 Å². The van der Waals surface area contributed by atoms with Crippen LogP contribution in [0.4, 0.5) is 11.6 Å². The summed E-state index contributed by atoms with van der Waals surface area (Å²) in [4.78, 5) is 36.1. The van der Waals surface area contributed by atoms with E-state index in [0.717, 1.165) is 11.4 Å². The third-order valence-electron chi connectivity index (χ3n) is 4.51. The van der Waals surface area contributed by atoms with Gasteiger partial charge in [-0.3, -0.25) is 4.40 Å². The topological polar surface area (TPSA) is 119 Å². The highest BCUT2D eigenvalue weighted by atomic mass is 16.5. The van der Waals surface area contributed by atoms with E-state index in [1.54, 1.807) is 42.7 Å². The average Bonchev–Trinajstić information content (AvgIpc) is 3.08. The SMILES string of the molecule is COC(=O)c1ccn2c(-c3ccnc(Nc4ccc(C(=O)O)cc4)n3)c(C)nc2c1. The van der Waals surface area contributed by atoms with Crippen molar-refractivity contribution >= 4 is 29.2 Å². The number of nitrogens with zero attached hydrogens (tertiary/aromatic N) is 4. The molecule has 0 atom stereocenters. The number of hydrogen-bond acceptors (Lipinski definition) is 7. The van der Waals surface area contributed by atoms with E-state index in [-0.39, 0.29) is 5.56 Å². The molecule has 0 aliphatic rings. The standard InChI is InChI=1S/C21H17N5O4/c1-12-18(26-10-8-14(20(29)30-2)11-17(26)23-12)16-7-9-22-21(25-16)24-15-5-3-13(4-6-15)19(27)28/h3-11H,1-2H3,(H,27,28)(H,22,24,25). The highest BCUT2D eigenvalue weighted by Gasteiger charge is 2.15. The molecule has 0 amide bonds. The summed E-state index contributed by atoms with van der Waals surface area (Å²) in [6, 6.07) is 11.4. The van der Waals surface area contributed by atoms with Crippen LogP contribution in [-0.4, -0.2) is 43.5 Å². The Morgan fingerprint density at radius 1 is 1.07 bits per heavy atom. The molecule has 2 N–H and O–H groups in total. The number of hydrogen-bond donors (Lipinski definition) is 2. The molecule has 30 heavy (non-hydrogen) atoms. The minimum Gasteiger partial charge on any atom is -0.478 e. The summed E-state index contributed by atoms with van der Waals surface area (Å²) >= 11 is 0. The van der Waals surface area contributed by atoms with E-state index >= 15 is 0 Å². The summed E-state index contributed by atoms with van der Waals surface area (Å²) in [6.45, 7) is 1.86. The highest BCUT2D eigenvalue weighted by Crippen LogP contribution is 2.25. The van der Waals surface area contributed by atoms with E-state index in [1.807, 2.05) is 11.3 Å². The number of aromatic carboxylic acids is 1. The zero-order valence-corrected chi connectivity index (χ0v) is 16.2. The minimum atomic E-state index is -0.988. The second-order valence-corrected chi connectivity index (χ2v) is 6.45. The van der Waals surface area contributed by atoms with Crippen molar-refractivity contribution in [3.63, 3.8) is 0 Å². The number of benzene rings is 1. The molecular formula is C21H17N5O4. The van der Waals surface area contributed by atoms with Crippen LogP contribution in [-0.2, 0) is 4.74 Å². The first kappa shape index (κ1) is 19.1. The molecule has 0 saturated heterocycles. The molecule has 4 aromatic rings. The number of rotatable bonds is 5.